The number of carboxylic acids is 1. The molecule has 0 aliphatic rings. The van der Waals surface area contributed by atoms with E-state index in [4.69, 9.17) is 10.8 Å². The average Bonchev–Trinajstić information content (AvgIpc) is 1.84. The molecule has 0 aromatic carbocycles. The van der Waals surface area contributed by atoms with Crippen molar-refractivity contribution in [1.82, 2.24) is 0 Å². The third kappa shape index (κ3) is 3.03. The molecule has 0 bridgehead atoms. The van der Waals surface area contributed by atoms with Crippen LogP contribution in [0, 0.1) is 0 Å². The summed E-state index contributed by atoms with van der Waals surface area (Å²) in [5.74, 6) is -3.73. The number of halogens is 1. The molecule has 3 N–H and O–H groups in total. The molecule has 5 heteroatoms. The summed E-state index contributed by atoms with van der Waals surface area (Å²) in [7, 11) is 0. The molecule has 0 spiro atoms. The first-order valence-electron chi connectivity index (χ1n) is 2.71. The van der Waals surface area contributed by atoms with Crippen LogP contribution in [0.2, 0.25) is 0 Å². The van der Waals surface area contributed by atoms with Crippen LogP contribution < -0.4 is 5.73 Å². The summed E-state index contributed by atoms with van der Waals surface area (Å²) in [5, 5.41) is 8.16. The maximum atomic E-state index is 12.6. The van der Waals surface area contributed by atoms with Crippen LogP contribution in [0.15, 0.2) is 0 Å². The van der Waals surface area contributed by atoms with Gasteiger partial charge in [-0.25, -0.2) is 9.18 Å². The van der Waals surface area contributed by atoms with Crippen LogP contribution in [0.1, 0.15) is 6.42 Å². The van der Waals surface area contributed by atoms with Gasteiger partial charge in [0.1, 0.15) is 0 Å². The third-order valence-electron chi connectivity index (χ3n) is 1.03. The zero-order valence-corrected chi connectivity index (χ0v) is 6.45. The lowest BCUT2D eigenvalue weighted by molar-refractivity contribution is -0.150. The summed E-state index contributed by atoms with van der Waals surface area (Å²) >= 11 is 1.36. The van der Waals surface area contributed by atoms with Crippen molar-refractivity contribution in [3.63, 3.8) is 0 Å². The Balaban J connectivity index is 3.75. The molecule has 1 unspecified atom stereocenters. The van der Waals surface area contributed by atoms with Crippen molar-refractivity contribution in [3.8, 4) is 0 Å². The van der Waals surface area contributed by atoms with E-state index < -0.39 is 11.8 Å². The highest BCUT2D eigenvalue weighted by Crippen LogP contribution is 2.11. The van der Waals surface area contributed by atoms with Gasteiger partial charge < -0.3 is 5.11 Å². The van der Waals surface area contributed by atoms with Crippen LogP contribution in [0.4, 0.5) is 4.39 Å². The Labute approximate surface area is 62.8 Å². The first-order valence-corrected chi connectivity index (χ1v) is 4.10. The van der Waals surface area contributed by atoms with Gasteiger partial charge in [-0.1, -0.05) is 0 Å². The number of thioether (sulfide) groups is 1. The lowest BCUT2D eigenvalue weighted by Crippen LogP contribution is -2.43. The molecule has 0 saturated heterocycles. The molecule has 0 amide bonds. The van der Waals surface area contributed by atoms with E-state index in [1.807, 2.05) is 0 Å². The molecule has 0 saturated carbocycles. The average molecular weight is 167 g/mol. The minimum Gasteiger partial charge on any atom is -0.478 e. The van der Waals surface area contributed by atoms with Crippen molar-refractivity contribution in [2.75, 3.05) is 12.0 Å². The smallest absolute Gasteiger partial charge is 0.356 e. The van der Waals surface area contributed by atoms with Crippen LogP contribution in [-0.2, 0) is 4.79 Å². The van der Waals surface area contributed by atoms with E-state index in [-0.39, 0.29) is 6.42 Å². The van der Waals surface area contributed by atoms with Crippen molar-refractivity contribution < 1.29 is 14.3 Å². The van der Waals surface area contributed by atoms with E-state index in [0.717, 1.165) is 0 Å². The molecule has 0 aromatic heterocycles. The summed E-state index contributed by atoms with van der Waals surface area (Å²) in [6.45, 7) is 0. The van der Waals surface area contributed by atoms with Gasteiger partial charge in [0, 0.05) is 6.42 Å². The zero-order chi connectivity index (χ0) is 8.20. The second kappa shape index (κ2) is 3.78. The summed E-state index contributed by atoms with van der Waals surface area (Å²) in [6, 6.07) is 0. The van der Waals surface area contributed by atoms with E-state index in [9.17, 15) is 9.18 Å². The number of hydrogen-bond acceptors (Lipinski definition) is 3. The first-order chi connectivity index (χ1) is 4.50. The Hall–Kier alpha value is -0.290. The van der Waals surface area contributed by atoms with Crippen LogP contribution in [0.5, 0.6) is 0 Å². The molecule has 10 heavy (non-hydrogen) atoms. The molecule has 60 valence electrons. The summed E-state index contributed by atoms with van der Waals surface area (Å²) in [6.07, 6.45) is 1.61. The lowest BCUT2D eigenvalue weighted by Gasteiger charge is -2.12. The quantitative estimate of drug-likeness (QED) is 0.597. The molecule has 0 radical (unpaired) electrons. The fourth-order valence-electron chi connectivity index (χ4n) is 0.358. The van der Waals surface area contributed by atoms with Crippen molar-refractivity contribution in [3.05, 3.63) is 0 Å². The number of aliphatic carboxylic acids is 1. The highest BCUT2D eigenvalue weighted by Gasteiger charge is 2.32. The normalized spacial score (nSPS) is 16.3. The van der Waals surface area contributed by atoms with E-state index in [1.165, 1.54) is 11.8 Å². The largest absolute Gasteiger partial charge is 0.478 e. The molecule has 0 aliphatic heterocycles. The lowest BCUT2D eigenvalue weighted by atomic mass is 10.2. The summed E-state index contributed by atoms with van der Waals surface area (Å²) in [4.78, 5) is 10.0. The standard InChI is InChI=1S/C5H10FNO2S/c1-10-3-2-5(6,7)4(8)9/h2-3,7H2,1H3,(H,8,9). The van der Waals surface area contributed by atoms with E-state index in [0.29, 0.717) is 5.75 Å². The predicted molar refractivity (Wildman–Crippen MR) is 38.7 cm³/mol. The molecule has 1 atom stereocenters. The SMILES string of the molecule is CSCCC(N)(F)C(=O)O. The van der Waals surface area contributed by atoms with Gasteiger partial charge >= 0.3 is 5.97 Å². The molecule has 0 aliphatic carbocycles. The summed E-state index contributed by atoms with van der Waals surface area (Å²) in [5.41, 5.74) is 4.77. The Morgan fingerprint density at radius 2 is 2.40 bits per heavy atom. The number of hydrogen-bond donors (Lipinski definition) is 2. The van der Waals surface area contributed by atoms with Crippen molar-refractivity contribution in [2.24, 2.45) is 5.73 Å². The van der Waals surface area contributed by atoms with Crippen molar-refractivity contribution >= 4 is 17.7 Å². The van der Waals surface area contributed by atoms with Gasteiger partial charge in [0.2, 0.25) is 0 Å². The molecule has 3 nitrogen and oxygen atoms in total. The fraction of sp³-hybridized carbons (Fsp3) is 0.800. The Morgan fingerprint density at radius 1 is 1.90 bits per heavy atom. The van der Waals surface area contributed by atoms with Gasteiger partial charge in [0.25, 0.3) is 5.79 Å². The van der Waals surface area contributed by atoms with E-state index >= 15 is 0 Å². The minimum absolute atomic E-state index is 0.149. The van der Waals surface area contributed by atoms with Crippen LogP contribution in [-0.4, -0.2) is 28.9 Å². The first kappa shape index (κ1) is 9.71. The monoisotopic (exact) mass is 167 g/mol. The predicted octanol–water partition coefficient (Wildman–Crippen LogP) is 0.449. The summed E-state index contributed by atoms with van der Waals surface area (Å²) < 4.78 is 12.6. The number of alkyl halides is 1. The second-order valence-electron chi connectivity index (χ2n) is 1.91. The van der Waals surface area contributed by atoms with E-state index in [2.05, 4.69) is 0 Å². The topological polar surface area (TPSA) is 63.3 Å². The highest BCUT2D eigenvalue weighted by molar-refractivity contribution is 7.98. The third-order valence-corrected chi connectivity index (χ3v) is 1.64. The highest BCUT2D eigenvalue weighted by atomic mass is 32.2. The number of nitrogens with two attached hydrogens (primary N) is 1. The van der Waals surface area contributed by atoms with Gasteiger partial charge in [0.05, 0.1) is 0 Å². The number of carbonyl (C=O) groups is 1. The second-order valence-corrected chi connectivity index (χ2v) is 2.90. The van der Waals surface area contributed by atoms with Gasteiger partial charge in [-0.2, -0.15) is 11.8 Å². The fourth-order valence-corrected chi connectivity index (χ4v) is 0.859. The maximum absolute atomic E-state index is 12.6. The molecular weight excluding hydrogens is 157 g/mol. The molecule has 0 fully saturated rings. The Morgan fingerprint density at radius 3 is 2.70 bits per heavy atom. The minimum atomic E-state index is -2.55. The van der Waals surface area contributed by atoms with E-state index in [1.54, 1.807) is 6.26 Å². The van der Waals surface area contributed by atoms with Crippen molar-refractivity contribution in [2.45, 2.75) is 12.2 Å². The Kier molecular flexibility index (Phi) is 3.67. The van der Waals surface area contributed by atoms with Crippen LogP contribution >= 0.6 is 11.8 Å². The van der Waals surface area contributed by atoms with Gasteiger partial charge in [0.15, 0.2) is 0 Å². The molecule has 0 aromatic rings. The van der Waals surface area contributed by atoms with Gasteiger partial charge in [-0.15, -0.1) is 0 Å². The Bertz CT molecular complexity index is 129. The number of rotatable bonds is 4. The molecule has 0 heterocycles. The number of carboxylic acid groups (broad SMARTS) is 1. The molecule has 0 rings (SSSR count). The molecular formula is C5H10FNO2S. The maximum Gasteiger partial charge on any atom is 0.356 e. The zero-order valence-electron chi connectivity index (χ0n) is 5.63. The van der Waals surface area contributed by atoms with Crippen LogP contribution in [0.25, 0.3) is 0 Å². The van der Waals surface area contributed by atoms with Gasteiger partial charge in [-0.05, 0) is 12.0 Å². The van der Waals surface area contributed by atoms with Crippen molar-refractivity contribution in [1.29, 1.82) is 0 Å². The van der Waals surface area contributed by atoms with Gasteiger partial charge in [-0.3, -0.25) is 5.73 Å². The van der Waals surface area contributed by atoms with Crippen LogP contribution in [0.3, 0.4) is 0 Å².